The van der Waals surface area contributed by atoms with E-state index >= 15 is 0 Å². The van der Waals surface area contributed by atoms with Crippen molar-refractivity contribution in [1.29, 1.82) is 0 Å². The monoisotopic (exact) mass is 369 g/mol. The second-order valence-electron chi connectivity index (χ2n) is 7.54. The number of aliphatic hydroxyl groups is 1. The number of carbonyl (C=O) groups is 2. The second kappa shape index (κ2) is 6.95. The number of nitrogens with zero attached hydrogens (tertiary/aromatic N) is 1. The zero-order chi connectivity index (χ0) is 19.8. The Morgan fingerprint density at radius 2 is 2.00 bits per heavy atom. The number of aliphatic hydroxyl groups excluding tert-OH is 1. The van der Waals surface area contributed by atoms with Crippen LogP contribution in [0.5, 0.6) is 5.75 Å². The van der Waals surface area contributed by atoms with Gasteiger partial charge in [0.25, 0.3) is 5.91 Å². The molecule has 1 aromatic carbocycles. The summed E-state index contributed by atoms with van der Waals surface area (Å²) in [5, 5.41) is 10.5. The SMILES string of the molecule is COc1cccc(CN2C(=O)C(O)=C(C(=O)C(C)(C)C)C2c2ccco2)c1. The van der Waals surface area contributed by atoms with Gasteiger partial charge in [-0.15, -0.1) is 0 Å². The van der Waals surface area contributed by atoms with E-state index in [1.54, 1.807) is 40.0 Å². The molecule has 1 aromatic heterocycles. The van der Waals surface area contributed by atoms with Gasteiger partial charge in [-0.1, -0.05) is 32.9 Å². The van der Waals surface area contributed by atoms with Gasteiger partial charge in [0.05, 0.1) is 18.9 Å². The average Bonchev–Trinajstić information content (AvgIpc) is 3.23. The van der Waals surface area contributed by atoms with Crippen molar-refractivity contribution in [2.24, 2.45) is 5.41 Å². The fraction of sp³-hybridized carbons (Fsp3) is 0.333. The minimum absolute atomic E-state index is 0.0744. The smallest absolute Gasteiger partial charge is 0.290 e. The first-order valence-corrected chi connectivity index (χ1v) is 8.69. The Hall–Kier alpha value is -3.02. The van der Waals surface area contributed by atoms with Crippen LogP contribution >= 0.6 is 0 Å². The van der Waals surface area contributed by atoms with E-state index in [0.29, 0.717) is 11.5 Å². The fourth-order valence-electron chi connectivity index (χ4n) is 3.16. The van der Waals surface area contributed by atoms with Crippen molar-refractivity contribution < 1.29 is 23.8 Å². The zero-order valence-electron chi connectivity index (χ0n) is 15.9. The van der Waals surface area contributed by atoms with Crippen LogP contribution in [0.1, 0.15) is 38.1 Å². The van der Waals surface area contributed by atoms with Crippen molar-refractivity contribution in [3.8, 4) is 5.75 Å². The topological polar surface area (TPSA) is 80.0 Å². The molecule has 1 atom stereocenters. The Kier molecular flexibility index (Phi) is 4.83. The highest BCUT2D eigenvalue weighted by Crippen LogP contribution is 2.41. The normalized spacial score (nSPS) is 17.6. The molecular weight excluding hydrogens is 346 g/mol. The third kappa shape index (κ3) is 3.47. The number of benzene rings is 1. The molecule has 27 heavy (non-hydrogen) atoms. The first-order chi connectivity index (χ1) is 12.7. The molecule has 142 valence electrons. The van der Waals surface area contributed by atoms with Gasteiger partial charge in [0.1, 0.15) is 17.6 Å². The summed E-state index contributed by atoms with van der Waals surface area (Å²) in [7, 11) is 1.57. The number of ether oxygens (including phenoxy) is 1. The Balaban J connectivity index is 2.03. The minimum Gasteiger partial charge on any atom is -0.503 e. The van der Waals surface area contributed by atoms with E-state index in [1.807, 2.05) is 24.3 Å². The lowest BCUT2D eigenvalue weighted by molar-refractivity contribution is -0.130. The third-order valence-corrected chi connectivity index (χ3v) is 4.53. The van der Waals surface area contributed by atoms with Crippen molar-refractivity contribution in [2.75, 3.05) is 7.11 Å². The van der Waals surface area contributed by atoms with Crippen LogP contribution in [0.2, 0.25) is 0 Å². The van der Waals surface area contributed by atoms with E-state index in [1.165, 1.54) is 11.2 Å². The second-order valence-corrected chi connectivity index (χ2v) is 7.54. The van der Waals surface area contributed by atoms with E-state index in [-0.39, 0.29) is 17.9 Å². The van der Waals surface area contributed by atoms with Gasteiger partial charge >= 0.3 is 0 Å². The minimum atomic E-state index is -0.773. The molecule has 0 saturated heterocycles. The van der Waals surface area contributed by atoms with Gasteiger partial charge in [-0.3, -0.25) is 9.59 Å². The molecule has 0 spiro atoms. The summed E-state index contributed by atoms with van der Waals surface area (Å²) in [5.41, 5.74) is 0.141. The Bertz CT molecular complexity index is 890. The number of carbonyl (C=O) groups excluding carboxylic acids is 2. The van der Waals surface area contributed by atoms with Crippen molar-refractivity contribution in [1.82, 2.24) is 4.90 Å². The predicted molar refractivity (Wildman–Crippen MR) is 99.1 cm³/mol. The van der Waals surface area contributed by atoms with Gasteiger partial charge in [-0.25, -0.2) is 0 Å². The van der Waals surface area contributed by atoms with Gasteiger partial charge < -0.3 is 19.2 Å². The summed E-state index contributed by atoms with van der Waals surface area (Å²) in [5.74, 6) is -0.298. The fourth-order valence-corrected chi connectivity index (χ4v) is 3.16. The third-order valence-electron chi connectivity index (χ3n) is 4.53. The highest BCUT2D eigenvalue weighted by molar-refractivity contribution is 6.10. The molecule has 0 bridgehead atoms. The first kappa shape index (κ1) is 18.8. The number of hydrogen-bond acceptors (Lipinski definition) is 5. The summed E-state index contributed by atoms with van der Waals surface area (Å²) >= 11 is 0. The Morgan fingerprint density at radius 3 is 2.59 bits per heavy atom. The number of Topliss-reactive ketones (excluding diaryl/α,β-unsaturated/α-hetero) is 1. The average molecular weight is 369 g/mol. The van der Waals surface area contributed by atoms with Crippen molar-refractivity contribution in [2.45, 2.75) is 33.4 Å². The number of furan rings is 1. The number of hydrogen-bond donors (Lipinski definition) is 1. The maximum atomic E-state index is 13.0. The lowest BCUT2D eigenvalue weighted by Gasteiger charge is -2.27. The lowest BCUT2D eigenvalue weighted by atomic mass is 9.83. The molecule has 1 unspecified atom stereocenters. The molecule has 2 aromatic rings. The standard InChI is InChI=1S/C21H23NO5/c1-21(2,3)19(24)16-17(15-9-6-10-27-15)22(20(25)18(16)23)12-13-7-5-8-14(11-13)26-4/h5-11,17,23H,12H2,1-4H3. The quantitative estimate of drug-likeness (QED) is 0.867. The van der Waals surface area contributed by atoms with Gasteiger partial charge in [0.15, 0.2) is 11.5 Å². The maximum absolute atomic E-state index is 13.0. The number of rotatable bonds is 5. The molecule has 0 saturated carbocycles. The number of methoxy groups -OCH3 is 1. The molecule has 0 radical (unpaired) electrons. The molecule has 1 aliphatic heterocycles. The van der Waals surface area contributed by atoms with Crippen molar-refractivity contribution in [3.63, 3.8) is 0 Å². The first-order valence-electron chi connectivity index (χ1n) is 8.69. The number of ketones is 1. The van der Waals surface area contributed by atoms with Gasteiger partial charge in [0.2, 0.25) is 0 Å². The van der Waals surface area contributed by atoms with Crippen LogP contribution in [0.4, 0.5) is 0 Å². The molecule has 1 N–H and O–H groups in total. The van der Waals surface area contributed by atoms with Gasteiger partial charge in [-0.05, 0) is 29.8 Å². The molecule has 0 aliphatic carbocycles. The van der Waals surface area contributed by atoms with Crippen LogP contribution in [-0.4, -0.2) is 28.8 Å². The zero-order valence-corrected chi connectivity index (χ0v) is 15.9. The van der Waals surface area contributed by atoms with E-state index in [4.69, 9.17) is 9.15 Å². The van der Waals surface area contributed by atoms with E-state index < -0.39 is 23.1 Å². The number of amides is 1. The Labute approximate surface area is 158 Å². The van der Waals surface area contributed by atoms with E-state index in [9.17, 15) is 14.7 Å². The molecule has 2 heterocycles. The molecule has 1 aliphatic rings. The Morgan fingerprint density at radius 1 is 1.26 bits per heavy atom. The molecule has 6 nitrogen and oxygen atoms in total. The van der Waals surface area contributed by atoms with Crippen molar-refractivity contribution >= 4 is 11.7 Å². The van der Waals surface area contributed by atoms with E-state index in [0.717, 1.165) is 5.56 Å². The highest BCUT2D eigenvalue weighted by Gasteiger charge is 2.47. The largest absolute Gasteiger partial charge is 0.503 e. The van der Waals surface area contributed by atoms with Crippen LogP contribution in [0.3, 0.4) is 0 Å². The van der Waals surface area contributed by atoms with Crippen molar-refractivity contribution in [3.05, 3.63) is 65.3 Å². The summed E-state index contributed by atoms with van der Waals surface area (Å²) in [6, 6.07) is 9.92. The van der Waals surface area contributed by atoms with Crippen LogP contribution in [0, 0.1) is 5.41 Å². The highest BCUT2D eigenvalue weighted by atomic mass is 16.5. The molecular formula is C21H23NO5. The van der Waals surface area contributed by atoms with E-state index in [2.05, 4.69) is 0 Å². The van der Waals surface area contributed by atoms with Gasteiger partial charge in [0, 0.05) is 12.0 Å². The summed E-state index contributed by atoms with van der Waals surface area (Å²) in [4.78, 5) is 27.2. The molecule has 1 amide bonds. The molecule has 6 heteroatoms. The molecule has 0 fully saturated rings. The van der Waals surface area contributed by atoms with Crippen LogP contribution < -0.4 is 4.74 Å². The van der Waals surface area contributed by atoms with Gasteiger partial charge in [-0.2, -0.15) is 0 Å². The van der Waals surface area contributed by atoms with Crippen LogP contribution in [-0.2, 0) is 16.1 Å². The van der Waals surface area contributed by atoms with Crippen LogP contribution in [0.15, 0.2) is 58.4 Å². The van der Waals surface area contributed by atoms with Crippen LogP contribution in [0.25, 0.3) is 0 Å². The summed E-state index contributed by atoms with van der Waals surface area (Å²) in [6.45, 7) is 5.46. The summed E-state index contributed by atoms with van der Waals surface area (Å²) < 4.78 is 10.7. The lowest BCUT2D eigenvalue weighted by Crippen LogP contribution is -2.32. The molecule has 3 rings (SSSR count). The summed E-state index contributed by atoms with van der Waals surface area (Å²) in [6.07, 6.45) is 1.48. The maximum Gasteiger partial charge on any atom is 0.290 e. The predicted octanol–water partition coefficient (Wildman–Crippen LogP) is 3.80.